The van der Waals surface area contributed by atoms with E-state index < -0.39 is 5.97 Å². The molecule has 0 aliphatic rings. The van der Waals surface area contributed by atoms with Crippen LogP contribution in [0.2, 0.25) is 0 Å². The molecule has 2 aromatic rings. The highest BCUT2D eigenvalue weighted by atomic mass is 16.4. The monoisotopic (exact) mass is 216 g/mol. The fourth-order valence-corrected chi connectivity index (χ4v) is 1.60. The van der Waals surface area contributed by atoms with E-state index in [1.165, 1.54) is 0 Å². The lowest BCUT2D eigenvalue weighted by Crippen LogP contribution is -1.98. The van der Waals surface area contributed by atoms with Gasteiger partial charge in [-0.05, 0) is 13.8 Å². The molecule has 0 spiro atoms. The molecule has 16 heavy (non-hydrogen) atoms. The van der Waals surface area contributed by atoms with Crippen LogP contribution in [0.1, 0.15) is 21.6 Å². The van der Waals surface area contributed by atoms with E-state index >= 15 is 0 Å². The summed E-state index contributed by atoms with van der Waals surface area (Å²) in [5, 5.41) is 15.5. The lowest BCUT2D eigenvalue weighted by Gasteiger charge is -1.99. The number of carboxylic acid groups (broad SMARTS) is 1. The largest absolute Gasteiger partial charge is 0.477 e. The van der Waals surface area contributed by atoms with Crippen molar-refractivity contribution in [2.75, 3.05) is 0 Å². The molecular formula is C12H12N2O2. The molecule has 0 unspecified atom stereocenters. The molecule has 0 fully saturated rings. The first-order valence-electron chi connectivity index (χ1n) is 4.95. The van der Waals surface area contributed by atoms with Crippen LogP contribution in [0.25, 0.3) is 11.3 Å². The van der Waals surface area contributed by atoms with Gasteiger partial charge in [0.15, 0.2) is 0 Å². The molecule has 4 heteroatoms. The number of nitrogens with zero attached hydrogens (tertiary/aromatic N) is 1. The summed E-state index contributed by atoms with van der Waals surface area (Å²) in [6.07, 6.45) is 0. The molecular weight excluding hydrogens is 204 g/mol. The maximum Gasteiger partial charge on any atom is 0.354 e. The molecule has 1 aromatic heterocycles. The van der Waals surface area contributed by atoms with Gasteiger partial charge in [-0.1, -0.05) is 29.8 Å². The Morgan fingerprint density at radius 2 is 1.88 bits per heavy atom. The van der Waals surface area contributed by atoms with Gasteiger partial charge >= 0.3 is 5.97 Å². The van der Waals surface area contributed by atoms with Gasteiger partial charge in [0, 0.05) is 11.1 Å². The first-order chi connectivity index (χ1) is 7.59. The van der Waals surface area contributed by atoms with Gasteiger partial charge in [0.25, 0.3) is 0 Å². The Morgan fingerprint density at radius 1 is 1.25 bits per heavy atom. The van der Waals surface area contributed by atoms with Crippen molar-refractivity contribution in [3.63, 3.8) is 0 Å². The summed E-state index contributed by atoms with van der Waals surface area (Å²) in [6.45, 7) is 3.76. The number of aromatic nitrogens is 2. The SMILES string of the molecule is Cc1ccc(-c2n[nH]c(C(=O)O)c2C)cc1. The van der Waals surface area contributed by atoms with Crippen molar-refractivity contribution in [2.45, 2.75) is 13.8 Å². The van der Waals surface area contributed by atoms with Gasteiger partial charge in [-0.15, -0.1) is 0 Å². The number of aryl methyl sites for hydroxylation is 1. The predicted octanol–water partition coefficient (Wildman–Crippen LogP) is 2.39. The van der Waals surface area contributed by atoms with E-state index in [4.69, 9.17) is 5.11 Å². The number of benzene rings is 1. The zero-order chi connectivity index (χ0) is 11.7. The zero-order valence-corrected chi connectivity index (χ0v) is 9.11. The van der Waals surface area contributed by atoms with E-state index in [2.05, 4.69) is 10.2 Å². The third-order valence-corrected chi connectivity index (χ3v) is 2.55. The molecule has 0 bridgehead atoms. The number of aromatic carboxylic acids is 1. The van der Waals surface area contributed by atoms with Crippen molar-refractivity contribution in [3.8, 4) is 11.3 Å². The lowest BCUT2D eigenvalue weighted by atomic mass is 10.1. The van der Waals surface area contributed by atoms with Gasteiger partial charge in [0.2, 0.25) is 0 Å². The average molecular weight is 216 g/mol. The van der Waals surface area contributed by atoms with Crippen LogP contribution >= 0.6 is 0 Å². The number of rotatable bonds is 2. The minimum absolute atomic E-state index is 0.149. The average Bonchev–Trinajstić information content (AvgIpc) is 2.61. The quantitative estimate of drug-likeness (QED) is 0.810. The molecule has 2 N–H and O–H groups in total. The lowest BCUT2D eigenvalue weighted by molar-refractivity contribution is 0.0689. The predicted molar refractivity (Wildman–Crippen MR) is 60.5 cm³/mol. The first-order valence-corrected chi connectivity index (χ1v) is 4.95. The van der Waals surface area contributed by atoms with Gasteiger partial charge < -0.3 is 5.11 Å². The first kappa shape index (κ1) is 10.4. The Labute approximate surface area is 92.9 Å². The normalized spacial score (nSPS) is 10.4. The summed E-state index contributed by atoms with van der Waals surface area (Å²) in [5.41, 5.74) is 3.59. The van der Waals surface area contributed by atoms with E-state index in [9.17, 15) is 4.79 Å². The van der Waals surface area contributed by atoms with Crippen molar-refractivity contribution < 1.29 is 9.90 Å². The second-order valence-electron chi connectivity index (χ2n) is 3.74. The van der Waals surface area contributed by atoms with Gasteiger partial charge in [0.1, 0.15) is 5.69 Å². The summed E-state index contributed by atoms with van der Waals surface area (Å²) >= 11 is 0. The van der Waals surface area contributed by atoms with Crippen molar-refractivity contribution in [1.29, 1.82) is 0 Å². The maximum absolute atomic E-state index is 10.8. The van der Waals surface area contributed by atoms with Crippen LogP contribution in [0.4, 0.5) is 0 Å². The number of hydrogen-bond acceptors (Lipinski definition) is 2. The third-order valence-electron chi connectivity index (χ3n) is 2.55. The number of H-pyrrole nitrogens is 1. The van der Waals surface area contributed by atoms with E-state index in [0.29, 0.717) is 11.3 Å². The molecule has 0 saturated heterocycles. The molecule has 0 aliphatic carbocycles. The minimum Gasteiger partial charge on any atom is -0.477 e. The second kappa shape index (κ2) is 3.81. The van der Waals surface area contributed by atoms with Crippen LogP contribution in [-0.2, 0) is 0 Å². The van der Waals surface area contributed by atoms with Crippen LogP contribution < -0.4 is 0 Å². The molecule has 0 atom stereocenters. The molecule has 1 heterocycles. The Kier molecular flexibility index (Phi) is 2.48. The van der Waals surface area contributed by atoms with Crippen molar-refractivity contribution in [3.05, 3.63) is 41.1 Å². The fraction of sp³-hybridized carbons (Fsp3) is 0.167. The molecule has 0 amide bonds. The number of hydrogen-bond donors (Lipinski definition) is 2. The summed E-state index contributed by atoms with van der Waals surface area (Å²) in [4.78, 5) is 10.8. The summed E-state index contributed by atoms with van der Waals surface area (Å²) in [5.74, 6) is -0.983. The van der Waals surface area contributed by atoms with Crippen LogP contribution in [-0.4, -0.2) is 21.3 Å². The van der Waals surface area contributed by atoms with Gasteiger partial charge in [-0.2, -0.15) is 5.10 Å². The van der Waals surface area contributed by atoms with Crippen LogP contribution in [0.3, 0.4) is 0 Å². The highest BCUT2D eigenvalue weighted by Crippen LogP contribution is 2.23. The molecule has 2 rings (SSSR count). The summed E-state index contributed by atoms with van der Waals surface area (Å²) < 4.78 is 0. The van der Waals surface area contributed by atoms with Crippen LogP contribution in [0.15, 0.2) is 24.3 Å². The van der Waals surface area contributed by atoms with Gasteiger partial charge in [-0.3, -0.25) is 5.10 Å². The van der Waals surface area contributed by atoms with Crippen molar-refractivity contribution in [2.24, 2.45) is 0 Å². The maximum atomic E-state index is 10.8. The number of nitrogens with one attached hydrogen (secondary N) is 1. The Balaban J connectivity index is 2.49. The number of carbonyl (C=O) groups is 1. The summed E-state index contributed by atoms with van der Waals surface area (Å²) in [6, 6.07) is 7.82. The third kappa shape index (κ3) is 1.69. The molecule has 1 aromatic carbocycles. The fourth-order valence-electron chi connectivity index (χ4n) is 1.60. The van der Waals surface area contributed by atoms with E-state index in [-0.39, 0.29) is 5.69 Å². The van der Waals surface area contributed by atoms with Crippen LogP contribution in [0, 0.1) is 13.8 Å². The number of carboxylic acids is 1. The van der Waals surface area contributed by atoms with Crippen molar-refractivity contribution in [1.82, 2.24) is 10.2 Å². The standard InChI is InChI=1S/C12H12N2O2/c1-7-3-5-9(6-4-7)10-8(2)11(12(15)16)14-13-10/h3-6H,1-2H3,(H,13,14)(H,15,16). The second-order valence-corrected chi connectivity index (χ2v) is 3.74. The highest BCUT2D eigenvalue weighted by molar-refractivity contribution is 5.89. The van der Waals surface area contributed by atoms with Gasteiger partial charge in [0.05, 0.1) is 5.69 Å². The zero-order valence-electron chi connectivity index (χ0n) is 9.11. The summed E-state index contributed by atoms with van der Waals surface area (Å²) in [7, 11) is 0. The highest BCUT2D eigenvalue weighted by Gasteiger charge is 2.15. The van der Waals surface area contributed by atoms with Gasteiger partial charge in [-0.25, -0.2) is 4.79 Å². The molecule has 0 radical (unpaired) electrons. The minimum atomic E-state index is -0.983. The Morgan fingerprint density at radius 3 is 2.38 bits per heavy atom. The van der Waals surface area contributed by atoms with E-state index in [1.54, 1.807) is 6.92 Å². The van der Waals surface area contributed by atoms with Crippen LogP contribution in [0.5, 0.6) is 0 Å². The molecule has 0 aliphatic heterocycles. The molecule has 82 valence electrons. The molecule has 0 saturated carbocycles. The van der Waals surface area contributed by atoms with Crippen molar-refractivity contribution >= 4 is 5.97 Å². The number of aromatic amines is 1. The van der Waals surface area contributed by atoms with E-state index in [1.807, 2.05) is 31.2 Å². The molecule has 4 nitrogen and oxygen atoms in total. The smallest absolute Gasteiger partial charge is 0.354 e. The Bertz CT molecular complexity index is 526. The topological polar surface area (TPSA) is 66.0 Å². The Hall–Kier alpha value is -2.10. The van der Waals surface area contributed by atoms with E-state index in [0.717, 1.165) is 11.1 Å².